The van der Waals surface area contributed by atoms with E-state index in [2.05, 4.69) is 0 Å². The van der Waals surface area contributed by atoms with Gasteiger partial charge in [0.05, 0.1) is 6.61 Å². The molecule has 88 valence electrons. The molecule has 0 saturated carbocycles. The van der Waals surface area contributed by atoms with Crippen LogP contribution < -0.4 is 0 Å². The second kappa shape index (κ2) is 4.49. The monoisotopic (exact) mass is 300 g/mol. The summed E-state index contributed by atoms with van der Waals surface area (Å²) in [7, 11) is 0. The molecule has 1 aromatic rings. The predicted octanol–water partition coefficient (Wildman–Crippen LogP) is 4.30. The van der Waals surface area contributed by atoms with Crippen molar-refractivity contribution in [2.75, 3.05) is 6.61 Å². The summed E-state index contributed by atoms with van der Waals surface area (Å²) < 4.78 is 20.1. The van der Waals surface area contributed by atoms with Crippen molar-refractivity contribution in [2.45, 2.75) is 10.4 Å². The topological polar surface area (TPSA) is 35.5 Å². The molecule has 1 heterocycles. The highest BCUT2D eigenvalue weighted by molar-refractivity contribution is 7.81. The van der Waals surface area contributed by atoms with Crippen LogP contribution >= 0.6 is 41.4 Å². The summed E-state index contributed by atoms with van der Waals surface area (Å²) in [4.78, 5) is 0. The number of hydrogen-bond donors (Lipinski definition) is 0. The van der Waals surface area contributed by atoms with E-state index in [1.165, 1.54) is 0 Å². The average molecular weight is 301 g/mol. The minimum absolute atomic E-state index is 0.142. The van der Waals surface area contributed by atoms with E-state index in [1.807, 2.05) is 6.07 Å². The Bertz CT molecular complexity index is 423. The van der Waals surface area contributed by atoms with Crippen LogP contribution in [0.3, 0.4) is 0 Å². The Labute approximate surface area is 108 Å². The number of hydrogen-bond acceptors (Lipinski definition) is 3. The third-order valence-electron chi connectivity index (χ3n) is 2.13. The zero-order chi connectivity index (χ0) is 11.8. The molecular formula is C9H8Cl3O3P. The van der Waals surface area contributed by atoms with Gasteiger partial charge in [-0.2, -0.15) is 0 Å². The smallest absolute Gasteiger partial charge is 0.294 e. The molecule has 0 aliphatic carbocycles. The highest BCUT2D eigenvalue weighted by atomic mass is 35.7. The Morgan fingerprint density at radius 1 is 1.31 bits per heavy atom. The number of halogens is 3. The standard InChI is InChI=1S/C9H8Cl3O3P/c10-9(11)6-14-16(12,13)15-8(9)7-4-2-1-3-5-7/h1-5,8H,6H2. The molecular weight excluding hydrogens is 293 g/mol. The first kappa shape index (κ1) is 12.7. The van der Waals surface area contributed by atoms with E-state index in [0.29, 0.717) is 5.56 Å². The fourth-order valence-corrected chi connectivity index (χ4v) is 3.49. The van der Waals surface area contributed by atoms with Crippen LogP contribution in [0, 0.1) is 0 Å². The van der Waals surface area contributed by atoms with Gasteiger partial charge in [0.15, 0.2) is 4.33 Å². The molecule has 1 aromatic carbocycles. The molecule has 2 rings (SSSR count). The van der Waals surface area contributed by atoms with Crippen LogP contribution in [-0.4, -0.2) is 10.9 Å². The van der Waals surface area contributed by atoms with Gasteiger partial charge in [0.1, 0.15) is 6.10 Å². The van der Waals surface area contributed by atoms with Gasteiger partial charge in [0.25, 0.3) is 0 Å². The molecule has 0 spiro atoms. The van der Waals surface area contributed by atoms with Crippen molar-refractivity contribution < 1.29 is 13.6 Å². The maximum atomic E-state index is 11.5. The van der Waals surface area contributed by atoms with E-state index in [-0.39, 0.29) is 6.61 Å². The minimum Gasteiger partial charge on any atom is -0.294 e. The second-order valence-corrected chi connectivity index (χ2v) is 7.48. The van der Waals surface area contributed by atoms with Crippen LogP contribution in [0.15, 0.2) is 30.3 Å². The van der Waals surface area contributed by atoms with Gasteiger partial charge >= 0.3 is 6.95 Å². The highest BCUT2D eigenvalue weighted by Gasteiger charge is 2.48. The molecule has 1 saturated heterocycles. The maximum Gasteiger partial charge on any atom is 0.425 e. The number of alkyl halides is 2. The van der Waals surface area contributed by atoms with Gasteiger partial charge in [-0.25, -0.2) is 4.57 Å². The lowest BCUT2D eigenvalue weighted by molar-refractivity contribution is 0.0810. The Balaban J connectivity index is 2.33. The Kier molecular flexibility index (Phi) is 3.56. The van der Waals surface area contributed by atoms with Gasteiger partial charge in [-0.1, -0.05) is 53.5 Å². The molecule has 2 atom stereocenters. The van der Waals surface area contributed by atoms with Crippen molar-refractivity contribution in [3.63, 3.8) is 0 Å². The van der Waals surface area contributed by atoms with Crippen molar-refractivity contribution in [2.24, 2.45) is 0 Å². The summed E-state index contributed by atoms with van der Waals surface area (Å²) in [5.74, 6) is 0. The molecule has 0 radical (unpaired) electrons. The molecule has 1 fully saturated rings. The van der Waals surface area contributed by atoms with Crippen molar-refractivity contribution in [3.8, 4) is 0 Å². The van der Waals surface area contributed by atoms with Crippen molar-refractivity contribution in [1.29, 1.82) is 0 Å². The van der Waals surface area contributed by atoms with E-state index in [4.69, 9.17) is 43.5 Å². The van der Waals surface area contributed by atoms with Crippen LogP contribution in [0.2, 0.25) is 0 Å². The summed E-state index contributed by atoms with van der Waals surface area (Å²) in [6.45, 7) is -3.73. The molecule has 0 aromatic heterocycles. The zero-order valence-electron chi connectivity index (χ0n) is 7.98. The zero-order valence-corrected chi connectivity index (χ0v) is 11.1. The highest BCUT2D eigenvalue weighted by Crippen LogP contribution is 2.64. The Morgan fingerprint density at radius 3 is 2.56 bits per heavy atom. The van der Waals surface area contributed by atoms with Crippen LogP contribution in [-0.2, 0) is 13.6 Å². The van der Waals surface area contributed by atoms with Crippen molar-refractivity contribution in [1.82, 2.24) is 0 Å². The molecule has 0 amide bonds. The van der Waals surface area contributed by atoms with Gasteiger partial charge in [-0.05, 0) is 5.56 Å². The molecule has 2 unspecified atom stereocenters. The van der Waals surface area contributed by atoms with E-state index in [1.54, 1.807) is 24.3 Å². The quantitative estimate of drug-likeness (QED) is 0.573. The van der Waals surface area contributed by atoms with Gasteiger partial charge in [0, 0.05) is 11.2 Å². The molecule has 16 heavy (non-hydrogen) atoms. The largest absolute Gasteiger partial charge is 0.425 e. The van der Waals surface area contributed by atoms with E-state index < -0.39 is 17.4 Å². The minimum atomic E-state index is -3.58. The lowest BCUT2D eigenvalue weighted by atomic mass is 10.1. The van der Waals surface area contributed by atoms with Crippen LogP contribution in [0.25, 0.3) is 0 Å². The van der Waals surface area contributed by atoms with Crippen LogP contribution in [0.5, 0.6) is 0 Å². The summed E-state index contributed by atoms with van der Waals surface area (Å²) in [6, 6.07) is 8.99. The van der Waals surface area contributed by atoms with Gasteiger partial charge < -0.3 is 0 Å². The molecule has 7 heteroatoms. The van der Waals surface area contributed by atoms with E-state index >= 15 is 0 Å². The average Bonchev–Trinajstić information content (AvgIpc) is 2.24. The third-order valence-corrected chi connectivity index (χ3v) is 4.17. The van der Waals surface area contributed by atoms with E-state index in [0.717, 1.165) is 0 Å². The molecule has 0 N–H and O–H groups in total. The van der Waals surface area contributed by atoms with Crippen LogP contribution in [0.4, 0.5) is 0 Å². The normalized spacial score (nSPS) is 33.6. The summed E-state index contributed by atoms with van der Waals surface area (Å²) in [6.07, 6.45) is -0.769. The Hall–Kier alpha value is 0.240. The fourth-order valence-electron chi connectivity index (χ4n) is 1.40. The molecule has 1 aliphatic heterocycles. The number of benzene rings is 1. The maximum absolute atomic E-state index is 11.5. The summed E-state index contributed by atoms with van der Waals surface area (Å²) in [5, 5.41) is 0. The molecule has 0 bridgehead atoms. The lowest BCUT2D eigenvalue weighted by Gasteiger charge is -2.35. The van der Waals surface area contributed by atoms with Crippen LogP contribution in [0.1, 0.15) is 11.7 Å². The van der Waals surface area contributed by atoms with Gasteiger partial charge in [-0.3, -0.25) is 9.05 Å². The lowest BCUT2D eigenvalue weighted by Crippen LogP contribution is -2.34. The predicted molar refractivity (Wildman–Crippen MR) is 64.1 cm³/mol. The molecule has 1 aliphatic rings. The summed E-state index contributed by atoms with van der Waals surface area (Å²) >= 11 is 17.6. The fraction of sp³-hybridized carbons (Fsp3) is 0.333. The first-order chi connectivity index (χ1) is 7.41. The van der Waals surface area contributed by atoms with Crippen molar-refractivity contribution in [3.05, 3.63) is 35.9 Å². The SMILES string of the molecule is O=P1(Cl)OCC(Cl)(Cl)C(c2ccccc2)O1. The third kappa shape index (κ3) is 2.73. The Morgan fingerprint density at radius 2 is 1.94 bits per heavy atom. The van der Waals surface area contributed by atoms with Crippen molar-refractivity contribution >= 4 is 41.4 Å². The van der Waals surface area contributed by atoms with Gasteiger partial charge in [0.2, 0.25) is 0 Å². The first-order valence-corrected chi connectivity index (χ1v) is 7.66. The first-order valence-electron chi connectivity index (χ1n) is 4.46. The number of rotatable bonds is 1. The summed E-state index contributed by atoms with van der Waals surface area (Å²) in [5.41, 5.74) is 0.705. The van der Waals surface area contributed by atoms with Gasteiger partial charge in [-0.15, -0.1) is 0 Å². The molecule has 3 nitrogen and oxygen atoms in total. The van der Waals surface area contributed by atoms with E-state index in [9.17, 15) is 4.57 Å². The second-order valence-electron chi connectivity index (χ2n) is 3.36.